The Kier molecular flexibility index (Phi) is 4.47. The standard InChI is InChI=1S/C16H15ClN2O3/c1-16(2,11-4-6-12(17)7-5-11)14(20)10-3-8-13(18-9-10)19-15(21)22/h3-9H,1-2H3,(H,18,19)(H,21,22). The lowest BCUT2D eigenvalue weighted by atomic mass is 9.78. The van der Waals surface area contributed by atoms with Crippen LogP contribution in [-0.4, -0.2) is 22.0 Å². The Morgan fingerprint density at radius 3 is 2.27 bits per heavy atom. The molecule has 0 aliphatic rings. The molecular weight excluding hydrogens is 304 g/mol. The number of anilines is 1. The van der Waals surface area contributed by atoms with Gasteiger partial charge in [0.1, 0.15) is 5.82 Å². The predicted octanol–water partition coefficient (Wildman–Crippen LogP) is 3.99. The number of amides is 1. The second kappa shape index (κ2) is 6.15. The number of halogens is 1. The Labute approximate surface area is 133 Å². The van der Waals surface area contributed by atoms with Crippen LogP contribution in [0.5, 0.6) is 0 Å². The number of Topliss-reactive ketones (excluding diaryl/α,β-unsaturated/α-hetero) is 1. The van der Waals surface area contributed by atoms with Gasteiger partial charge in [-0.1, -0.05) is 23.7 Å². The smallest absolute Gasteiger partial charge is 0.410 e. The first-order valence-corrected chi connectivity index (χ1v) is 6.95. The van der Waals surface area contributed by atoms with Crippen LogP contribution in [-0.2, 0) is 5.41 Å². The van der Waals surface area contributed by atoms with Gasteiger partial charge in [-0.05, 0) is 43.7 Å². The fourth-order valence-corrected chi connectivity index (χ4v) is 2.20. The number of carbonyl (C=O) groups is 2. The number of nitrogens with zero attached hydrogens (tertiary/aromatic N) is 1. The molecule has 0 fully saturated rings. The molecule has 6 heteroatoms. The highest BCUT2D eigenvalue weighted by Gasteiger charge is 2.30. The van der Waals surface area contributed by atoms with Crippen molar-refractivity contribution in [1.29, 1.82) is 0 Å². The summed E-state index contributed by atoms with van der Waals surface area (Å²) in [7, 11) is 0. The summed E-state index contributed by atoms with van der Waals surface area (Å²) >= 11 is 5.87. The van der Waals surface area contributed by atoms with Crippen molar-refractivity contribution in [2.24, 2.45) is 0 Å². The van der Waals surface area contributed by atoms with E-state index in [0.717, 1.165) is 5.56 Å². The Hall–Kier alpha value is -2.40. The minimum absolute atomic E-state index is 0.107. The Morgan fingerprint density at radius 2 is 1.77 bits per heavy atom. The maximum absolute atomic E-state index is 12.7. The third-order valence-corrected chi connectivity index (χ3v) is 3.65. The van der Waals surface area contributed by atoms with Gasteiger partial charge in [-0.2, -0.15) is 0 Å². The molecule has 0 saturated heterocycles. The highest BCUT2D eigenvalue weighted by atomic mass is 35.5. The lowest BCUT2D eigenvalue weighted by Crippen LogP contribution is -2.29. The van der Waals surface area contributed by atoms with E-state index in [2.05, 4.69) is 10.3 Å². The molecule has 0 aliphatic heterocycles. The van der Waals surface area contributed by atoms with E-state index in [1.54, 1.807) is 18.2 Å². The summed E-state index contributed by atoms with van der Waals surface area (Å²) in [5.74, 6) is 0.0672. The molecule has 1 aromatic carbocycles. The SMILES string of the molecule is CC(C)(C(=O)c1ccc(NC(=O)O)nc1)c1ccc(Cl)cc1. The van der Waals surface area contributed by atoms with Crippen molar-refractivity contribution < 1.29 is 14.7 Å². The molecule has 0 radical (unpaired) electrons. The second-order valence-corrected chi connectivity index (χ2v) is 5.76. The van der Waals surface area contributed by atoms with Crippen LogP contribution in [0.25, 0.3) is 0 Å². The fraction of sp³-hybridized carbons (Fsp3) is 0.188. The average Bonchev–Trinajstić information content (AvgIpc) is 2.47. The van der Waals surface area contributed by atoms with Crippen LogP contribution in [0, 0.1) is 0 Å². The third-order valence-electron chi connectivity index (χ3n) is 3.39. The number of hydrogen-bond donors (Lipinski definition) is 2. The van der Waals surface area contributed by atoms with E-state index < -0.39 is 11.5 Å². The van der Waals surface area contributed by atoms with Gasteiger partial charge in [-0.25, -0.2) is 9.78 Å². The molecule has 1 heterocycles. The van der Waals surface area contributed by atoms with Gasteiger partial charge in [-0.3, -0.25) is 10.1 Å². The van der Waals surface area contributed by atoms with E-state index in [1.165, 1.54) is 12.3 Å². The number of benzene rings is 1. The monoisotopic (exact) mass is 318 g/mol. The number of nitrogens with one attached hydrogen (secondary N) is 1. The van der Waals surface area contributed by atoms with E-state index in [1.807, 2.05) is 26.0 Å². The van der Waals surface area contributed by atoms with Crippen LogP contribution in [0.4, 0.5) is 10.6 Å². The number of carboxylic acid groups (broad SMARTS) is 1. The number of rotatable bonds is 4. The van der Waals surface area contributed by atoms with Crippen molar-refractivity contribution in [2.75, 3.05) is 5.32 Å². The van der Waals surface area contributed by atoms with Gasteiger partial charge in [-0.15, -0.1) is 0 Å². The highest BCUT2D eigenvalue weighted by molar-refractivity contribution is 6.30. The van der Waals surface area contributed by atoms with Gasteiger partial charge in [0.2, 0.25) is 0 Å². The second-order valence-electron chi connectivity index (χ2n) is 5.32. The zero-order valence-electron chi connectivity index (χ0n) is 12.1. The van der Waals surface area contributed by atoms with Gasteiger partial charge in [0.15, 0.2) is 5.78 Å². The lowest BCUT2D eigenvalue weighted by molar-refractivity contribution is 0.0908. The van der Waals surface area contributed by atoms with Crippen molar-refractivity contribution in [2.45, 2.75) is 19.3 Å². The molecule has 0 spiro atoms. The normalized spacial score (nSPS) is 11.0. The number of aromatic nitrogens is 1. The van der Waals surface area contributed by atoms with Gasteiger partial charge in [0.05, 0.1) is 5.41 Å². The molecule has 0 saturated carbocycles. The van der Waals surface area contributed by atoms with Crippen LogP contribution < -0.4 is 5.32 Å². The molecule has 5 nitrogen and oxygen atoms in total. The zero-order chi connectivity index (χ0) is 16.3. The van der Waals surface area contributed by atoms with Crippen LogP contribution in [0.3, 0.4) is 0 Å². The molecule has 22 heavy (non-hydrogen) atoms. The topological polar surface area (TPSA) is 79.3 Å². The van der Waals surface area contributed by atoms with Crippen molar-refractivity contribution in [3.8, 4) is 0 Å². The van der Waals surface area contributed by atoms with Crippen molar-refractivity contribution >= 4 is 29.3 Å². The number of pyridine rings is 1. The molecule has 0 atom stereocenters. The van der Waals surface area contributed by atoms with Gasteiger partial charge < -0.3 is 5.11 Å². The summed E-state index contributed by atoms with van der Waals surface area (Å²) in [6.45, 7) is 3.64. The summed E-state index contributed by atoms with van der Waals surface area (Å²) in [6.07, 6.45) is 0.165. The molecule has 2 rings (SSSR count). The Bertz CT molecular complexity index is 694. The summed E-state index contributed by atoms with van der Waals surface area (Å²) in [4.78, 5) is 27.1. The quantitative estimate of drug-likeness (QED) is 0.835. The van der Waals surface area contributed by atoms with Gasteiger partial charge in [0, 0.05) is 16.8 Å². The van der Waals surface area contributed by atoms with E-state index in [0.29, 0.717) is 10.6 Å². The third kappa shape index (κ3) is 3.43. The summed E-state index contributed by atoms with van der Waals surface area (Å²) in [5, 5.41) is 11.4. The lowest BCUT2D eigenvalue weighted by Gasteiger charge is -2.23. The molecule has 0 unspecified atom stereocenters. The Balaban J connectivity index is 2.26. The van der Waals surface area contributed by atoms with Crippen LogP contribution in [0.15, 0.2) is 42.6 Å². The summed E-state index contributed by atoms with van der Waals surface area (Å²) in [5.41, 5.74) is 0.513. The molecular formula is C16H15ClN2O3. The van der Waals surface area contributed by atoms with Crippen molar-refractivity contribution in [1.82, 2.24) is 4.98 Å². The number of hydrogen-bond acceptors (Lipinski definition) is 3. The molecule has 114 valence electrons. The van der Waals surface area contributed by atoms with Crippen molar-refractivity contribution in [3.63, 3.8) is 0 Å². The Morgan fingerprint density at radius 1 is 1.14 bits per heavy atom. The molecule has 0 aliphatic carbocycles. The molecule has 1 amide bonds. The molecule has 2 N–H and O–H groups in total. The zero-order valence-corrected chi connectivity index (χ0v) is 12.9. The predicted molar refractivity (Wildman–Crippen MR) is 84.7 cm³/mol. The first-order valence-electron chi connectivity index (χ1n) is 6.57. The first kappa shape index (κ1) is 16.0. The highest BCUT2D eigenvalue weighted by Crippen LogP contribution is 2.28. The van der Waals surface area contributed by atoms with Gasteiger partial charge >= 0.3 is 6.09 Å². The fourth-order valence-electron chi connectivity index (χ4n) is 2.07. The van der Waals surface area contributed by atoms with Crippen molar-refractivity contribution in [3.05, 3.63) is 58.7 Å². The number of ketones is 1. The maximum atomic E-state index is 12.7. The number of carbonyl (C=O) groups excluding carboxylic acids is 1. The molecule has 1 aromatic heterocycles. The minimum Gasteiger partial charge on any atom is -0.465 e. The van der Waals surface area contributed by atoms with E-state index in [4.69, 9.17) is 16.7 Å². The van der Waals surface area contributed by atoms with Crippen LogP contribution >= 0.6 is 11.6 Å². The van der Waals surface area contributed by atoms with E-state index in [-0.39, 0.29) is 11.6 Å². The minimum atomic E-state index is -1.20. The molecule has 0 bridgehead atoms. The average molecular weight is 319 g/mol. The van der Waals surface area contributed by atoms with E-state index in [9.17, 15) is 9.59 Å². The van der Waals surface area contributed by atoms with Crippen LogP contribution in [0.2, 0.25) is 5.02 Å². The molecule has 2 aromatic rings. The van der Waals surface area contributed by atoms with Gasteiger partial charge in [0.25, 0.3) is 0 Å². The first-order chi connectivity index (χ1) is 10.3. The maximum Gasteiger partial charge on any atom is 0.410 e. The summed E-state index contributed by atoms with van der Waals surface area (Å²) in [6, 6.07) is 10.1. The van der Waals surface area contributed by atoms with Crippen LogP contribution in [0.1, 0.15) is 29.8 Å². The largest absolute Gasteiger partial charge is 0.465 e. The summed E-state index contributed by atoms with van der Waals surface area (Å²) < 4.78 is 0. The van der Waals surface area contributed by atoms with E-state index >= 15 is 0 Å².